The highest BCUT2D eigenvalue weighted by atomic mass is 79.9. The van der Waals surface area contributed by atoms with Gasteiger partial charge in [0.1, 0.15) is 5.75 Å². The van der Waals surface area contributed by atoms with Gasteiger partial charge in [0.25, 0.3) is 0 Å². The van der Waals surface area contributed by atoms with E-state index in [2.05, 4.69) is 40.2 Å². The monoisotopic (exact) mass is 317 g/mol. The second kappa shape index (κ2) is 5.35. The van der Waals surface area contributed by atoms with Crippen LogP contribution in [-0.4, -0.2) is 6.61 Å². The van der Waals surface area contributed by atoms with Crippen LogP contribution in [-0.2, 0) is 6.42 Å². The molecule has 3 rings (SSSR count). The standard InChI is InChI=1S/C16H16BrNO/c17-14-6-3-11(4-7-14)16(18)13-5-8-15-12(10-13)2-1-9-19-15/h3-8,10,16H,1-2,9,18H2. The van der Waals surface area contributed by atoms with E-state index >= 15 is 0 Å². The second-order valence-corrected chi connectivity index (χ2v) is 5.76. The summed E-state index contributed by atoms with van der Waals surface area (Å²) in [6.45, 7) is 0.825. The third kappa shape index (κ3) is 2.67. The van der Waals surface area contributed by atoms with Gasteiger partial charge in [-0.05, 0) is 47.7 Å². The van der Waals surface area contributed by atoms with E-state index < -0.39 is 0 Å². The highest BCUT2D eigenvalue weighted by molar-refractivity contribution is 9.10. The van der Waals surface area contributed by atoms with Crippen LogP contribution in [0.25, 0.3) is 0 Å². The Morgan fingerprint density at radius 2 is 1.79 bits per heavy atom. The smallest absolute Gasteiger partial charge is 0.122 e. The summed E-state index contributed by atoms with van der Waals surface area (Å²) in [6.07, 6.45) is 2.17. The fourth-order valence-corrected chi connectivity index (χ4v) is 2.70. The van der Waals surface area contributed by atoms with E-state index in [1.807, 2.05) is 18.2 Å². The van der Waals surface area contributed by atoms with Gasteiger partial charge in [-0.1, -0.05) is 40.2 Å². The van der Waals surface area contributed by atoms with Crippen molar-refractivity contribution in [3.63, 3.8) is 0 Å². The maximum Gasteiger partial charge on any atom is 0.122 e. The molecule has 98 valence electrons. The first-order chi connectivity index (χ1) is 9.24. The van der Waals surface area contributed by atoms with E-state index in [9.17, 15) is 0 Å². The Hall–Kier alpha value is -1.32. The van der Waals surface area contributed by atoms with E-state index in [4.69, 9.17) is 10.5 Å². The zero-order valence-corrected chi connectivity index (χ0v) is 12.2. The molecule has 0 aliphatic carbocycles. The summed E-state index contributed by atoms with van der Waals surface area (Å²) in [5.74, 6) is 1.01. The van der Waals surface area contributed by atoms with E-state index in [0.717, 1.165) is 40.8 Å². The normalized spacial score (nSPS) is 15.5. The van der Waals surface area contributed by atoms with Crippen molar-refractivity contribution < 1.29 is 4.74 Å². The molecule has 0 radical (unpaired) electrons. The first-order valence-corrected chi connectivity index (χ1v) is 7.30. The first kappa shape index (κ1) is 12.7. The lowest BCUT2D eigenvalue weighted by Crippen LogP contribution is -2.14. The molecular formula is C16H16BrNO. The molecule has 0 fully saturated rings. The first-order valence-electron chi connectivity index (χ1n) is 6.51. The number of fused-ring (bicyclic) bond motifs is 1. The number of hydrogen-bond acceptors (Lipinski definition) is 2. The maximum absolute atomic E-state index is 6.34. The van der Waals surface area contributed by atoms with Crippen molar-refractivity contribution in [1.82, 2.24) is 0 Å². The molecule has 1 unspecified atom stereocenters. The van der Waals surface area contributed by atoms with Crippen LogP contribution in [0.2, 0.25) is 0 Å². The third-order valence-electron chi connectivity index (χ3n) is 3.52. The number of hydrogen-bond donors (Lipinski definition) is 1. The van der Waals surface area contributed by atoms with Crippen LogP contribution in [0, 0.1) is 0 Å². The van der Waals surface area contributed by atoms with Crippen LogP contribution in [0.5, 0.6) is 5.75 Å². The zero-order valence-electron chi connectivity index (χ0n) is 10.6. The molecule has 3 heteroatoms. The van der Waals surface area contributed by atoms with Gasteiger partial charge in [-0.2, -0.15) is 0 Å². The molecule has 2 aromatic carbocycles. The van der Waals surface area contributed by atoms with Gasteiger partial charge in [0.05, 0.1) is 12.6 Å². The summed E-state index contributed by atoms with van der Waals surface area (Å²) in [5.41, 5.74) is 9.89. The van der Waals surface area contributed by atoms with Crippen molar-refractivity contribution in [1.29, 1.82) is 0 Å². The van der Waals surface area contributed by atoms with Crippen LogP contribution in [0.15, 0.2) is 46.9 Å². The van der Waals surface area contributed by atoms with Crippen molar-refractivity contribution in [3.8, 4) is 5.75 Å². The summed E-state index contributed by atoms with van der Waals surface area (Å²) in [6, 6.07) is 14.4. The molecule has 0 bridgehead atoms. The molecule has 1 aliphatic heterocycles. The average molecular weight is 318 g/mol. The summed E-state index contributed by atoms with van der Waals surface area (Å²) in [4.78, 5) is 0. The van der Waals surface area contributed by atoms with E-state index in [1.165, 1.54) is 5.56 Å². The lowest BCUT2D eigenvalue weighted by molar-refractivity contribution is 0.288. The Bertz CT molecular complexity index is 580. The number of aryl methyl sites for hydroxylation is 1. The minimum atomic E-state index is -0.0830. The minimum absolute atomic E-state index is 0.0830. The number of rotatable bonds is 2. The Morgan fingerprint density at radius 3 is 2.58 bits per heavy atom. The van der Waals surface area contributed by atoms with E-state index in [0.29, 0.717) is 0 Å². The fourth-order valence-electron chi connectivity index (χ4n) is 2.44. The Kier molecular flexibility index (Phi) is 3.58. The van der Waals surface area contributed by atoms with Crippen molar-refractivity contribution >= 4 is 15.9 Å². The van der Waals surface area contributed by atoms with Gasteiger partial charge in [0, 0.05) is 4.47 Å². The summed E-state index contributed by atoms with van der Waals surface area (Å²) in [7, 11) is 0. The van der Waals surface area contributed by atoms with Gasteiger partial charge >= 0.3 is 0 Å². The quantitative estimate of drug-likeness (QED) is 0.913. The number of benzene rings is 2. The van der Waals surface area contributed by atoms with Crippen LogP contribution < -0.4 is 10.5 Å². The predicted molar refractivity (Wildman–Crippen MR) is 80.4 cm³/mol. The van der Waals surface area contributed by atoms with Crippen molar-refractivity contribution in [2.45, 2.75) is 18.9 Å². The lowest BCUT2D eigenvalue weighted by Gasteiger charge is -2.20. The molecule has 2 N–H and O–H groups in total. The van der Waals surface area contributed by atoms with Gasteiger partial charge in [0.2, 0.25) is 0 Å². The number of nitrogens with two attached hydrogens (primary N) is 1. The Morgan fingerprint density at radius 1 is 1.05 bits per heavy atom. The van der Waals surface area contributed by atoms with Crippen LogP contribution in [0.4, 0.5) is 0 Å². The number of ether oxygens (including phenoxy) is 1. The van der Waals surface area contributed by atoms with Gasteiger partial charge in [0.15, 0.2) is 0 Å². The van der Waals surface area contributed by atoms with Crippen molar-refractivity contribution in [2.75, 3.05) is 6.61 Å². The molecule has 0 aromatic heterocycles. The van der Waals surface area contributed by atoms with Gasteiger partial charge < -0.3 is 10.5 Å². The average Bonchev–Trinajstić information content (AvgIpc) is 2.47. The maximum atomic E-state index is 6.34. The molecule has 1 aliphatic rings. The second-order valence-electron chi connectivity index (χ2n) is 4.85. The van der Waals surface area contributed by atoms with Crippen LogP contribution in [0.3, 0.4) is 0 Å². The van der Waals surface area contributed by atoms with Gasteiger partial charge in [-0.25, -0.2) is 0 Å². The van der Waals surface area contributed by atoms with Crippen LogP contribution >= 0.6 is 15.9 Å². The molecule has 1 atom stereocenters. The molecule has 0 amide bonds. The molecule has 19 heavy (non-hydrogen) atoms. The van der Waals surface area contributed by atoms with Crippen LogP contribution in [0.1, 0.15) is 29.2 Å². The topological polar surface area (TPSA) is 35.2 Å². The molecule has 2 aromatic rings. The molecular weight excluding hydrogens is 302 g/mol. The zero-order chi connectivity index (χ0) is 13.2. The minimum Gasteiger partial charge on any atom is -0.493 e. The SMILES string of the molecule is NC(c1ccc(Br)cc1)c1ccc2c(c1)CCCO2. The largest absolute Gasteiger partial charge is 0.493 e. The van der Waals surface area contributed by atoms with Crippen molar-refractivity contribution in [2.24, 2.45) is 5.73 Å². The Balaban J connectivity index is 1.91. The van der Waals surface area contributed by atoms with Gasteiger partial charge in [-0.15, -0.1) is 0 Å². The van der Waals surface area contributed by atoms with Crippen molar-refractivity contribution in [3.05, 3.63) is 63.6 Å². The molecule has 1 heterocycles. The molecule has 2 nitrogen and oxygen atoms in total. The highest BCUT2D eigenvalue weighted by Gasteiger charge is 2.14. The number of halogens is 1. The predicted octanol–water partition coefficient (Wildman–Crippen LogP) is 3.82. The summed E-state index contributed by atoms with van der Waals surface area (Å²) >= 11 is 3.44. The van der Waals surface area contributed by atoms with E-state index in [-0.39, 0.29) is 6.04 Å². The Labute approximate surface area is 121 Å². The molecule has 0 spiro atoms. The third-order valence-corrected chi connectivity index (χ3v) is 4.05. The highest BCUT2D eigenvalue weighted by Crippen LogP contribution is 2.29. The fraction of sp³-hybridized carbons (Fsp3) is 0.250. The lowest BCUT2D eigenvalue weighted by atomic mass is 9.95. The molecule has 0 saturated carbocycles. The summed E-state index contributed by atoms with van der Waals surface area (Å²) < 4.78 is 6.70. The van der Waals surface area contributed by atoms with Gasteiger partial charge in [-0.3, -0.25) is 0 Å². The molecule has 0 saturated heterocycles. The van der Waals surface area contributed by atoms with E-state index in [1.54, 1.807) is 0 Å². The summed E-state index contributed by atoms with van der Waals surface area (Å²) in [5, 5.41) is 0.